The summed E-state index contributed by atoms with van der Waals surface area (Å²) in [5.74, 6) is 2.51. The van der Waals surface area contributed by atoms with E-state index in [1.165, 1.54) is 38.5 Å². The molecule has 1 nitrogen and oxygen atoms in total. The van der Waals surface area contributed by atoms with E-state index in [9.17, 15) is 0 Å². The number of nitrogens with zero attached hydrogens (tertiary/aromatic N) is 1. The number of hydrogen-bond acceptors (Lipinski definition) is 1. The molecule has 4 unspecified atom stereocenters. The monoisotopic (exact) mass is 331 g/mol. The molecule has 4 atom stereocenters. The van der Waals surface area contributed by atoms with Crippen LogP contribution in [0.15, 0.2) is 12.2 Å². The zero-order valence-electron chi connectivity index (χ0n) is 13.6. The van der Waals surface area contributed by atoms with Gasteiger partial charge in [-0.25, -0.2) is 0 Å². The molecule has 0 aromatic heterocycles. The van der Waals surface area contributed by atoms with Crippen LogP contribution in [0.3, 0.4) is 0 Å². The van der Waals surface area contributed by atoms with Crippen LogP contribution in [0.2, 0.25) is 0 Å². The highest BCUT2D eigenvalue weighted by Gasteiger charge is 2.32. The molecule has 2 heteroatoms. The summed E-state index contributed by atoms with van der Waals surface area (Å²) in [5, 5.41) is 0. The number of rotatable bonds is 6. The summed E-state index contributed by atoms with van der Waals surface area (Å²) in [7, 11) is 4.47. The van der Waals surface area contributed by atoms with Gasteiger partial charge in [0.05, 0.1) is 0 Å². The molecule has 0 amide bonds. The Bertz CT molecular complexity index is 250. The molecule has 0 aliphatic heterocycles. The highest BCUT2D eigenvalue weighted by molar-refractivity contribution is 8.93. The van der Waals surface area contributed by atoms with Gasteiger partial charge in [0.2, 0.25) is 0 Å². The molecule has 19 heavy (non-hydrogen) atoms. The van der Waals surface area contributed by atoms with Crippen LogP contribution in [-0.2, 0) is 0 Å². The van der Waals surface area contributed by atoms with E-state index in [1.807, 2.05) is 0 Å². The standard InChI is InChI=1S/C17H33N.BrH/c1-6-7-8-9-10-11-16-13-17(18(4)5)15(3)12-14(16)2;/h10-11,14-17H,6-9,12-13H2,1-5H3;1H. The Morgan fingerprint density at radius 1 is 1.05 bits per heavy atom. The van der Waals surface area contributed by atoms with Crippen molar-refractivity contribution < 1.29 is 0 Å². The topological polar surface area (TPSA) is 3.24 Å². The number of unbranched alkanes of at least 4 members (excludes halogenated alkanes) is 3. The second-order valence-corrected chi connectivity index (χ2v) is 6.54. The number of allylic oxidation sites excluding steroid dienone is 2. The molecule has 0 saturated heterocycles. The van der Waals surface area contributed by atoms with Crippen LogP contribution < -0.4 is 0 Å². The lowest BCUT2D eigenvalue weighted by Crippen LogP contribution is -2.41. The van der Waals surface area contributed by atoms with Crippen molar-refractivity contribution >= 4 is 17.0 Å². The van der Waals surface area contributed by atoms with E-state index in [2.05, 4.69) is 51.9 Å². The van der Waals surface area contributed by atoms with Crippen LogP contribution in [0.4, 0.5) is 0 Å². The predicted octanol–water partition coefficient (Wildman–Crippen LogP) is 5.31. The molecule has 1 rings (SSSR count). The smallest absolute Gasteiger partial charge is 0.0121 e. The second-order valence-electron chi connectivity index (χ2n) is 6.54. The summed E-state index contributed by atoms with van der Waals surface area (Å²) < 4.78 is 0. The van der Waals surface area contributed by atoms with E-state index < -0.39 is 0 Å². The van der Waals surface area contributed by atoms with Crippen LogP contribution >= 0.6 is 17.0 Å². The average Bonchev–Trinajstić information content (AvgIpc) is 2.30. The molecular formula is C17H34BrN. The van der Waals surface area contributed by atoms with Gasteiger partial charge in [0.15, 0.2) is 0 Å². The van der Waals surface area contributed by atoms with Gasteiger partial charge in [0.1, 0.15) is 0 Å². The van der Waals surface area contributed by atoms with Gasteiger partial charge in [0, 0.05) is 6.04 Å². The van der Waals surface area contributed by atoms with Crippen molar-refractivity contribution in [2.75, 3.05) is 14.1 Å². The first-order valence-corrected chi connectivity index (χ1v) is 7.89. The zero-order chi connectivity index (χ0) is 13.5. The van der Waals surface area contributed by atoms with Crippen molar-refractivity contribution in [3.8, 4) is 0 Å². The van der Waals surface area contributed by atoms with Crippen LogP contribution in [0.25, 0.3) is 0 Å². The van der Waals surface area contributed by atoms with E-state index in [-0.39, 0.29) is 17.0 Å². The molecule has 114 valence electrons. The first-order chi connectivity index (χ1) is 8.56. The second kappa shape index (κ2) is 9.99. The highest BCUT2D eigenvalue weighted by atomic mass is 79.9. The molecule has 1 aliphatic rings. The van der Waals surface area contributed by atoms with Crippen LogP contribution in [-0.4, -0.2) is 25.0 Å². The fourth-order valence-electron chi connectivity index (χ4n) is 3.43. The van der Waals surface area contributed by atoms with Gasteiger partial charge in [0.25, 0.3) is 0 Å². The number of halogens is 1. The highest BCUT2D eigenvalue weighted by Crippen LogP contribution is 2.36. The van der Waals surface area contributed by atoms with Crippen molar-refractivity contribution in [3.63, 3.8) is 0 Å². The lowest BCUT2D eigenvalue weighted by molar-refractivity contribution is 0.111. The van der Waals surface area contributed by atoms with Gasteiger partial charge in [-0.1, -0.05) is 45.8 Å². The Hall–Kier alpha value is 0.180. The minimum Gasteiger partial charge on any atom is -0.306 e. The predicted molar refractivity (Wildman–Crippen MR) is 92.1 cm³/mol. The molecule has 1 aliphatic carbocycles. The van der Waals surface area contributed by atoms with Gasteiger partial charge < -0.3 is 4.90 Å². The van der Waals surface area contributed by atoms with E-state index in [1.54, 1.807) is 0 Å². The quantitative estimate of drug-likeness (QED) is 0.470. The molecule has 1 fully saturated rings. The summed E-state index contributed by atoms with van der Waals surface area (Å²) >= 11 is 0. The Kier molecular flexibility index (Phi) is 10.1. The average molecular weight is 332 g/mol. The largest absolute Gasteiger partial charge is 0.306 e. The summed E-state index contributed by atoms with van der Waals surface area (Å²) in [5.41, 5.74) is 0. The van der Waals surface area contributed by atoms with Gasteiger partial charge in [-0.3, -0.25) is 0 Å². The molecule has 0 bridgehead atoms. The van der Waals surface area contributed by atoms with Gasteiger partial charge in [-0.2, -0.15) is 0 Å². The lowest BCUT2D eigenvalue weighted by Gasteiger charge is -2.41. The Labute approximate surface area is 131 Å². The van der Waals surface area contributed by atoms with E-state index >= 15 is 0 Å². The van der Waals surface area contributed by atoms with Crippen LogP contribution in [0.1, 0.15) is 59.3 Å². The van der Waals surface area contributed by atoms with E-state index in [0.717, 1.165) is 23.8 Å². The minimum absolute atomic E-state index is 0. The molecule has 0 radical (unpaired) electrons. The molecule has 0 aromatic rings. The lowest BCUT2D eigenvalue weighted by atomic mass is 9.72. The third kappa shape index (κ3) is 6.44. The van der Waals surface area contributed by atoms with Crippen LogP contribution in [0.5, 0.6) is 0 Å². The van der Waals surface area contributed by atoms with Gasteiger partial charge in [-0.15, -0.1) is 17.0 Å². The third-order valence-electron chi connectivity index (χ3n) is 4.67. The van der Waals surface area contributed by atoms with Gasteiger partial charge in [-0.05, 0) is 57.5 Å². The van der Waals surface area contributed by atoms with Crippen LogP contribution in [0, 0.1) is 17.8 Å². The SMILES string of the molecule is Br.CCCCCC=CC1CC(N(C)C)C(C)CC1C. The maximum absolute atomic E-state index is 2.52. The molecule has 1 saturated carbocycles. The maximum Gasteiger partial charge on any atom is 0.0121 e. The third-order valence-corrected chi connectivity index (χ3v) is 4.67. The van der Waals surface area contributed by atoms with E-state index in [0.29, 0.717) is 0 Å². The van der Waals surface area contributed by atoms with E-state index in [4.69, 9.17) is 0 Å². The van der Waals surface area contributed by atoms with Crippen molar-refractivity contribution in [1.29, 1.82) is 0 Å². The minimum atomic E-state index is 0. The summed E-state index contributed by atoms with van der Waals surface area (Å²) in [6, 6.07) is 0.770. The van der Waals surface area contributed by atoms with Crippen molar-refractivity contribution in [2.45, 2.75) is 65.3 Å². The van der Waals surface area contributed by atoms with Crippen molar-refractivity contribution in [2.24, 2.45) is 17.8 Å². The Morgan fingerprint density at radius 3 is 2.32 bits per heavy atom. The first-order valence-electron chi connectivity index (χ1n) is 7.89. The summed E-state index contributed by atoms with van der Waals surface area (Å²) in [6.07, 6.45) is 13.0. The zero-order valence-corrected chi connectivity index (χ0v) is 15.3. The fourth-order valence-corrected chi connectivity index (χ4v) is 3.43. The molecule has 0 N–H and O–H groups in total. The molecule has 0 heterocycles. The molecule has 0 spiro atoms. The Morgan fingerprint density at radius 2 is 1.74 bits per heavy atom. The summed E-state index contributed by atoms with van der Waals surface area (Å²) in [6.45, 7) is 7.13. The maximum atomic E-state index is 2.52. The molecule has 0 aromatic carbocycles. The van der Waals surface area contributed by atoms with Crippen molar-refractivity contribution in [3.05, 3.63) is 12.2 Å². The normalized spacial score (nSPS) is 31.7. The Balaban J connectivity index is 0.00000324. The summed E-state index contributed by atoms with van der Waals surface area (Å²) in [4.78, 5) is 2.43. The van der Waals surface area contributed by atoms with Gasteiger partial charge >= 0.3 is 0 Å². The molecular weight excluding hydrogens is 298 g/mol. The first kappa shape index (κ1) is 19.2. The van der Waals surface area contributed by atoms with Crippen molar-refractivity contribution in [1.82, 2.24) is 4.90 Å². The fraction of sp³-hybridized carbons (Fsp3) is 0.882. The number of hydrogen-bond donors (Lipinski definition) is 0.